The summed E-state index contributed by atoms with van der Waals surface area (Å²) in [5, 5.41) is 13.8. The van der Waals surface area contributed by atoms with Crippen molar-refractivity contribution in [3.63, 3.8) is 0 Å². The van der Waals surface area contributed by atoms with E-state index in [0.717, 1.165) is 0 Å². The molecule has 0 aliphatic carbocycles. The molecule has 1 aliphatic heterocycles. The summed E-state index contributed by atoms with van der Waals surface area (Å²) in [6, 6.07) is 6.96. The minimum atomic E-state index is -2.46. The maximum absolute atomic E-state index is 12.5. The van der Waals surface area contributed by atoms with Crippen LogP contribution >= 0.6 is 11.3 Å². The monoisotopic (exact) mass is 425 g/mol. The molecule has 0 radical (unpaired) electrons. The lowest BCUT2D eigenvalue weighted by molar-refractivity contribution is 0.0948. The fraction of sp³-hybridized carbons (Fsp3) is 0.421. The number of aromatic nitrogens is 1. The third-order valence-corrected chi connectivity index (χ3v) is 5.57. The quantitative estimate of drug-likeness (QED) is 0.708. The number of likely N-dealkylation sites (tertiary alicyclic amines) is 1. The highest BCUT2D eigenvalue weighted by Crippen LogP contribution is 2.31. The molecule has 1 aliphatic rings. The number of carbonyl (C=O) groups is 2. The molecule has 0 bridgehead atoms. The van der Waals surface area contributed by atoms with Crippen LogP contribution in [0.25, 0.3) is 10.6 Å². The van der Waals surface area contributed by atoms with Gasteiger partial charge in [-0.3, -0.25) is 5.32 Å². The van der Waals surface area contributed by atoms with Crippen LogP contribution in [0.1, 0.15) is 18.5 Å². The molecular weight excluding hydrogens is 404 g/mol. The lowest BCUT2D eigenvalue weighted by atomic mass is 9.98. The average molecular weight is 425 g/mol. The van der Waals surface area contributed by atoms with Gasteiger partial charge in [0.05, 0.1) is 24.4 Å². The number of hydrogen-bond donors (Lipinski definition) is 2. The SMILES string of the molecule is O=C(Nc1ccccc1-c1nc(CC(F)F)cs1)OCC1CCN(C(=O)O)CC1. The molecule has 10 heteroatoms. The van der Waals surface area contributed by atoms with Crippen molar-refractivity contribution in [3.8, 4) is 10.6 Å². The fourth-order valence-corrected chi connectivity index (χ4v) is 3.96. The molecule has 0 atom stereocenters. The third kappa shape index (κ3) is 5.86. The Bertz CT molecular complexity index is 853. The summed E-state index contributed by atoms with van der Waals surface area (Å²) in [5.41, 5.74) is 1.42. The molecule has 1 saturated heterocycles. The number of alkyl halides is 2. The van der Waals surface area contributed by atoms with Crippen LogP contribution in [-0.4, -0.2) is 53.3 Å². The van der Waals surface area contributed by atoms with Gasteiger partial charge in [0.15, 0.2) is 0 Å². The highest BCUT2D eigenvalue weighted by atomic mass is 32.1. The average Bonchev–Trinajstić information content (AvgIpc) is 3.14. The van der Waals surface area contributed by atoms with Gasteiger partial charge in [0.1, 0.15) is 5.01 Å². The fourth-order valence-electron chi connectivity index (χ4n) is 3.09. The van der Waals surface area contributed by atoms with Crippen LogP contribution < -0.4 is 5.32 Å². The molecule has 3 rings (SSSR count). The van der Waals surface area contributed by atoms with E-state index in [9.17, 15) is 18.4 Å². The predicted molar refractivity (Wildman–Crippen MR) is 105 cm³/mol. The number of hydrogen-bond acceptors (Lipinski definition) is 5. The number of benzene rings is 1. The molecule has 2 amide bonds. The van der Waals surface area contributed by atoms with Gasteiger partial charge in [-0.25, -0.2) is 23.4 Å². The number of nitrogens with zero attached hydrogens (tertiary/aromatic N) is 2. The van der Waals surface area contributed by atoms with E-state index in [-0.39, 0.29) is 12.5 Å². The molecule has 7 nitrogen and oxygen atoms in total. The third-order valence-electron chi connectivity index (χ3n) is 4.64. The van der Waals surface area contributed by atoms with E-state index in [2.05, 4.69) is 10.3 Å². The Morgan fingerprint density at radius 2 is 2.03 bits per heavy atom. The number of ether oxygens (including phenoxy) is 1. The summed E-state index contributed by atoms with van der Waals surface area (Å²) in [4.78, 5) is 28.7. The molecule has 156 valence electrons. The second kappa shape index (κ2) is 9.64. The number of anilines is 1. The van der Waals surface area contributed by atoms with Crippen LogP contribution in [0.3, 0.4) is 0 Å². The lowest BCUT2D eigenvalue weighted by Gasteiger charge is -2.29. The van der Waals surface area contributed by atoms with Crippen LogP contribution in [0, 0.1) is 5.92 Å². The Morgan fingerprint density at radius 1 is 1.31 bits per heavy atom. The van der Waals surface area contributed by atoms with Crippen molar-refractivity contribution in [2.24, 2.45) is 5.92 Å². The summed E-state index contributed by atoms with van der Waals surface area (Å²) in [5.74, 6) is 0.113. The zero-order chi connectivity index (χ0) is 20.8. The molecule has 1 fully saturated rings. The number of thiazole rings is 1. The number of halogens is 2. The smallest absolute Gasteiger partial charge is 0.411 e. The van der Waals surface area contributed by atoms with Gasteiger partial charge in [-0.05, 0) is 30.9 Å². The van der Waals surface area contributed by atoms with E-state index in [1.807, 2.05) is 0 Å². The number of carboxylic acid groups (broad SMARTS) is 1. The minimum absolute atomic E-state index is 0.113. The minimum Gasteiger partial charge on any atom is -0.465 e. The first-order valence-electron chi connectivity index (χ1n) is 9.16. The van der Waals surface area contributed by atoms with Crippen LogP contribution in [0.4, 0.5) is 24.1 Å². The van der Waals surface area contributed by atoms with E-state index in [0.29, 0.717) is 47.9 Å². The lowest BCUT2D eigenvalue weighted by Crippen LogP contribution is -2.38. The number of piperidine rings is 1. The van der Waals surface area contributed by atoms with E-state index in [1.54, 1.807) is 29.6 Å². The first-order valence-corrected chi connectivity index (χ1v) is 10.0. The Morgan fingerprint density at radius 3 is 2.72 bits per heavy atom. The highest BCUT2D eigenvalue weighted by Gasteiger charge is 2.23. The van der Waals surface area contributed by atoms with Crippen molar-refractivity contribution in [2.75, 3.05) is 25.0 Å². The van der Waals surface area contributed by atoms with Gasteiger partial charge < -0.3 is 14.7 Å². The van der Waals surface area contributed by atoms with Crippen molar-refractivity contribution in [1.82, 2.24) is 9.88 Å². The second-order valence-electron chi connectivity index (χ2n) is 6.72. The maximum atomic E-state index is 12.5. The number of nitrogens with one attached hydrogen (secondary N) is 1. The van der Waals surface area contributed by atoms with Gasteiger partial charge in [-0.1, -0.05) is 12.1 Å². The molecule has 1 aromatic carbocycles. The molecule has 0 unspecified atom stereocenters. The molecule has 0 saturated carbocycles. The van der Waals surface area contributed by atoms with Crippen LogP contribution in [0.2, 0.25) is 0 Å². The molecular formula is C19H21F2N3O4S. The number of para-hydroxylation sites is 1. The standard InChI is InChI=1S/C19H21F2N3O4S/c20-16(21)9-13-11-29-17(22-13)14-3-1-2-4-15(14)23-18(25)28-10-12-5-7-24(8-6-12)19(26)27/h1-4,11-12,16H,5-10H2,(H,23,25)(H,26,27). The second-order valence-corrected chi connectivity index (χ2v) is 7.58. The first-order chi connectivity index (χ1) is 13.9. The number of amides is 2. The zero-order valence-electron chi connectivity index (χ0n) is 15.5. The van der Waals surface area contributed by atoms with Crippen LogP contribution in [-0.2, 0) is 11.2 Å². The predicted octanol–water partition coefficient (Wildman–Crippen LogP) is 4.56. The van der Waals surface area contributed by atoms with E-state index in [4.69, 9.17) is 9.84 Å². The van der Waals surface area contributed by atoms with Crippen molar-refractivity contribution in [3.05, 3.63) is 35.3 Å². The number of carbonyl (C=O) groups excluding carboxylic acids is 1. The zero-order valence-corrected chi connectivity index (χ0v) is 16.3. The molecule has 0 spiro atoms. The molecule has 2 heterocycles. The van der Waals surface area contributed by atoms with Crippen LogP contribution in [0.15, 0.2) is 29.6 Å². The van der Waals surface area contributed by atoms with Crippen LogP contribution in [0.5, 0.6) is 0 Å². The largest absolute Gasteiger partial charge is 0.465 e. The normalized spacial score (nSPS) is 14.8. The van der Waals surface area contributed by atoms with E-state index >= 15 is 0 Å². The van der Waals surface area contributed by atoms with Gasteiger partial charge in [0.2, 0.25) is 6.43 Å². The molecule has 1 aromatic heterocycles. The van der Waals surface area contributed by atoms with E-state index in [1.165, 1.54) is 16.2 Å². The van der Waals surface area contributed by atoms with Gasteiger partial charge in [-0.15, -0.1) is 11.3 Å². The maximum Gasteiger partial charge on any atom is 0.411 e. The van der Waals surface area contributed by atoms with Gasteiger partial charge in [0, 0.05) is 24.0 Å². The molecule has 29 heavy (non-hydrogen) atoms. The van der Waals surface area contributed by atoms with Crippen molar-refractivity contribution in [1.29, 1.82) is 0 Å². The van der Waals surface area contributed by atoms with E-state index < -0.39 is 25.0 Å². The van der Waals surface area contributed by atoms with Crippen molar-refractivity contribution in [2.45, 2.75) is 25.7 Å². The topological polar surface area (TPSA) is 91.8 Å². The Hall–Kier alpha value is -2.75. The Kier molecular flexibility index (Phi) is 6.97. The summed E-state index contributed by atoms with van der Waals surface area (Å²) >= 11 is 1.24. The number of rotatable bonds is 6. The Balaban J connectivity index is 1.56. The van der Waals surface area contributed by atoms with Crippen molar-refractivity contribution >= 4 is 29.2 Å². The van der Waals surface area contributed by atoms with Gasteiger partial charge in [0.25, 0.3) is 0 Å². The summed E-state index contributed by atoms with van der Waals surface area (Å²) in [6.45, 7) is 1.06. The summed E-state index contributed by atoms with van der Waals surface area (Å²) in [6.07, 6.45) is -3.14. The van der Waals surface area contributed by atoms with Crippen molar-refractivity contribution < 1.29 is 28.2 Å². The first kappa shape index (κ1) is 21.0. The highest BCUT2D eigenvalue weighted by molar-refractivity contribution is 7.13. The summed E-state index contributed by atoms with van der Waals surface area (Å²) < 4.78 is 30.4. The van der Waals surface area contributed by atoms with Gasteiger partial charge in [-0.2, -0.15) is 0 Å². The molecule has 2 N–H and O–H groups in total. The molecule has 2 aromatic rings. The van der Waals surface area contributed by atoms with Gasteiger partial charge >= 0.3 is 12.2 Å². The Labute approximate surface area is 170 Å². The summed E-state index contributed by atoms with van der Waals surface area (Å²) in [7, 11) is 0.